The van der Waals surface area contributed by atoms with Crippen LogP contribution >= 0.6 is 11.8 Å². The van der Waals surface area contributed by atoms with Gasteiger partial charge in [0, 0.05) is 5.25 Å². The van der Waals surface area contributed by atoms with Crippen LogP contribution in [0.4, 0.5) is 0 Å². The number of hydrogen-bond donors (Lipinski definition) is 0. The van der Waals surface area contributed by atoms with E-state index in [-0.39, 0.29) is 0 Å². The molecule has 0 heterocycles. The van der Waals surface area contributed by atoms with Crippen molar-refractivity contribution in [2.75, 3.05) is 6.26 Å². The summed E-state index contributed by atoms with van der Waals surface area (Å²) >= 11 is 2.14. The van der Waals surface area contributed by atoms with E-state index in [0.717, 1.165) is 34.8 Å². The van der Waals surface area contributed by atoms with Gasteiger partial charge in [-0.25, -0.2) is 0 Å². The first-order valence-electron chi connectivity index (χ1n) is 9.84. The molecule has 0 aromatic heterocycles. The van der Waals surface area contributed by atoms with Crippen molar-refractivity contribution in [1.29, 1.82) is 0 Å². The maximum absolute atomic E-state index is 2.56. The monoisotopic (exact) mass is 312 g/mol. The van der Waals surface area contributed by atoms with Gasteiger partial charge in [0.05, 0.1) is 0 Å². The van der Waals surface area contributed by atoms with Gasteiger partial charge in [0.15, 0.2) is 0 Å². The van der Waals surface area contributed by atoms with Crippen molar-refractivity contribution in [3.63, 3.8) is 0 Å². The molecule has 3 saturated carbocycles. The second-order valence-electron chi connectivity index (χ2n) is 6.82. The molecule has 3 aliphatic carbocycles. The van der Waals surface area contributed by atoms with Gasteiger partial charge in [0.1, 0.15) is 0 Å². The average molecular weight is 313 g/mol. The maximum atomic E-state index is 2.56. The SMILES string of the molecule is CC.CC.CSC1CCC2C3CCCCC3CCC2C1C. The van der Waals surface area contributed by atoms with Gasteiger partial charge in [-0.3, -0.25) is 0 Å². The summed E-state index contributed by atoms with van der Waals surface area (Å²) in [6.45, 7) is 10.6. The second kappa shape index (κ2) is 10.2. The zero-order valence-electron chi connectivity index (χ0n) is 15.5. The maximum Gasteiger partial charge on any atom is 0.00727 e. The molecular weight excluding hydrogens is 272 g/mol. The van der Waals surface area contributed by atoms with Crippen molar-refractivity contribution in [3.8, 4) is 0 Å². The number of thioether (sulfide) groups is 1. The Labute approximate surface area is 139 Å². The topological polar surface area (TPSA) is 0 Å². The molecule has 0 saturated heterocycles. The summed E-state index contributed by atoms with van der Waals surface area (Å²) in [4.78, 5) is 0. The van der Waals surface area contributed by atoms with E-state index in [1.807, 2.05) is 27.7 Å². The van der Waals surface area contributed by atoms with Crippen molar-refractivity contribution < 1.29 is 0 Å². The minimum Gasteiger partial charge on any atom is -0.162 e. The first-order valence-corrected chi connectivity index (χ1v) is 11.1. The smallest absolute Gasteiger partial charge is 0.00727 e. The van der Waals surface area contributed by atoms with Crippen molar-refractivity contribution in [2.45, 2.75) is 91.2 Å². The fraction of sp³-hybridized carbons (Fsp3) is 1.00. The molecule has 3 fully saturated rings. The van der Waals surface area contributed by atoms with Gasteiger partial charge in [0.2, 0.25) is 0 Å². The van der Waals surface area contributed by atoms with E-state index >= 15 is 0 Å². The molecule has 0 N–H and O–H groups in total. The Hall–Kier alpha value is 0.350. The van der Waals surface area contributed by atoms with Crippen LogP contribution in [0.3, 0.4) is 0 Å². The van der Waals surface area contributed by atoms with E-state index in [9.17, 15) is 0 Å². The summed E-state index contributed by atoms with van der Waals surface area (Å²) in [7, 11) is 0. The summed E-state index contributed by atoms with van der Waals surface area (Å²) in [5.74, 6) is 5.45. The van der Waals surface area contributed by atoms with E-state index in [4.69, 9.17) is 0 Å². The zero-order chi connectivity index (χ0) is 15.8. The van der Waals surface area contributed by atoms with Gasteiger partial charge in [-0.15, -0.1) is 0 Å². The molecular formula is C20H40S. The minimum atomic E-state index is 0.969. The third-order valence-corrected chi connectivity index (χ3v) is 7.56. The first-order chi connectivity index (χ1) is 10.3. The normalized spacial score (nSPS) is 41.4. The van der Waals surface area contributed by atoms with Crippen molar-refractivity contribution in [2.24, 2.45) is 29.6 Å². The Balaban J connectivity index is 0.000000510. The zero-order valence-corrected chi connectivity index (χ0v) is 16.3. The largest absolute Gasteiger partial charge is 0.162 e. The van der Waals surface area contributed by atoms with Crippen LogP contribution < -0.4 is 0 Å². The predicted octanol–water partition coefficient (Wildman–Crippen LogP) is 7.03. The molecule has 0 radical (unpaired) electrons. The summed E-state index contributed by atoms with van der Waals surface area (Å²) in [5, 5.41) is 0.969. The van der Waals surface area contributed by atoms with E-state index in [1.54, 1.807) is 32.1 Å². The average Bonchev–Trinajstić information content (AvgIpc) is 2.58. The molecule has 0 nitrogen and oxygen atoms in total. The number of hydrogen-bond acceptors (Lipinski definition) is 1. The Morgan fingerprint density at radius 3 is 1.95 bits per heavy atom. The predicted molar refractivity (Wildman–Crippen MR) is 100 cm³/mol. The lowest BCUT2D eigenvalue weighted by Crippen LogP contribution is -2.44. The highest BCUT2D eigenvalue weighted by Crippen LogP contribution is 2.54. The molecule has 6 unspecified atom stereocenters. The molecule has 0 aromatic rings. The van der Waals surface area contributed by atoms with Gasteiger partial charge >= 0.3 is 0 Å². The van der Waals surface area contributed by atoms with Crippen molar-refractivity contribution in [3.05, 3.63) is 0 Å². The van der Waals surface area contributed by atoms with Crippen LogP contribution in [-0.2, 0) is 0 Å². The lowest BCUT2D eigenvalue weighted by Gasteiger charge is -2.52. The third kappa shape index (κ3) is 4.43. The van der Waals surface area contributed by atoms with Gasteiger partial charge in [0.25, 0.3) is 0 Å². The number of rotatable bonds is 1. The van der Waals surface area contributed by atoms with Crippen LogP contribution in [0.25, 0.3) is 0 Å². The fourth-order valence-electron chi connectivity index (χ4n) is 5.41. The summed E-state index contributed by atoms with van der Waals surface area (Å²) in [6, 6.07) is 0. The Morgan fingerprint density at radius 1 is 0.667 bits per heavy atom. The Bertz CT molecular complexity index is 263. The Morgan fingerprint density at radius 2 is 1.29 bits per heavy atom. The van der Waals surface area contributed by atoms with E-state index in [1.165, 1.54) is 19.3 Å². The molecule has 6 atom stereocenters. The van der Waals surface area contributed by atoms with Crippen molar-refractivity contribution >= 4 is 11.8 Å². The van der Waals surface area contributed by atoms with Crippen LogP contribution in [0.5, 0.6) is 0 Å². The molecule has 0 bridgehead atoms. The Kier molecular flexibility index (Phi) is 9.41. The van der Waals surface area contributed by atoms with Crippen LogP contribution in [0, 0.1) is 29.6 Å². The molecule has 21 heavy (non-hydrogen) atoms. The van der Waals surface area contributed by atoms with Crippen molar-refractivity contribution in [1.82, 2.24) is 0 Å². The first kappa shape index (κ1) is 19.4. The third-order valence-electron chi connectivity index (χ3n) is 6.29. The molecule has 0 amide bonds. The van der Waals surface area contributed by atoms with E-state index in [0.29, 0.717) is 0 Å². The molecule has 0 spiro atoms. The molecule has 126 valence electrons. The van der Waals surface area contributed by atoms with E-state index in [2.05, 4.69) is 24.9 Å². The van der Waals surface area contributed by atoms with Crippen LogP contribution in [-0.4, -0.2) is 11.5 Å². The highest BCUT2D eigenvalue weighted by molar-refractivity contribution is 7.99. The molecule has 0 aromatic carbocycles. The highest BCUT2D eigenvalue weighted by atomic mass is 32.2. The lowest BCUT2D eigenvalue weighted by atomic mass is 9.55. The molecule has 3 aliphatic rings. The molecule has 3 rings (SSSR count). The quantitative estimate of drug-likeness (QED) is 0.500. The lowest BCUT2D eigenvalue weighted by molar-refractivity contribution is 0.00407. The van der Waals surface area contributed by atoms with Gasteiger partial charge in [-0.1, -0.05) is 53.9 Å². The van der Waals surface area contributed by atoms with Gasteiger partial charge in [-0.05, 0) is 67.9 Å². The highest BCUT2D eigenvalue weighted by Gasteiger charge is 2.45. The van der Waals surface area contributed by atoms with Crippen LogP contribution in [0.2, 0.25) is 0 Å². The van der Waals surface area contributed by atoms with Crippen LogP contribution in [0.1, 0.15) is 86.0 Å². The number of fused-ring (bicyclic) bond motifs is 3. The fourth-order valence-corrected chi connectivity index (χ4v) is 6.41. The summed E-state index contributed by atoms with van der Waals surface area (Å²) < 4.78 is 0. The minimum absolute atomic E-state index is 0.969. The van der Waals surface area contributed by atoms with Gasteiger partial charge < -0.3 is 0 Å². The summed E-state index contributed by atoms with van der Waals surface area (Å²) in [6.07, 6.45) is 14.7. The van der Waals surface area contributed by atoms with Crippen LogP contribution in [0.15, 0.2) is 0 Å². The van der Waals surface area contributed by atoms with E-state index < -0.39 is 0 Å². The molecule has 1 heteroatoms. The molecule has 0 aliphatic heterocycles. The second-order valence-corrected chi connectivity index (χ2v) is 7.90. The van der Waals surface area contributed by atoms with Gasteiger partial charge in [-0.2, -0.15) is 11.8 Å². The summed E-state index contributed by atoms with van der Waals surface area (Å²) in [5.41, 5.74) is 0. The standard InChI is InChI=1S/C16H28S.2C2H6/c1-11-13-8-7-12-5-3-4-6-14(12)15(13)9-10-16(11)17-2;2*1-2/h11-16H,3-10H2,1-2H3;2*1-2H3.